The van der Waals surface area contributed by atoms with Crippen LogP contribution in [0.15, 0.2) is 441 Å². The van der Waals surface area contributed by atoms with Crippen molar-refractivity contribution in [2.75, 3.05) is 0 Å². The molecule has 0 aliphatic heterocycles. The number of pyridine rings is 4. The van der Waals surface area contributed by atoms with Gasteiger partial charge < -0.3 is 8.98 Å². The topological polar surface area (TPSA) is 110 Å². The molecule has 10 heterocycles. The van der Waals surface area contributed by atoms with Crippen LogP contribution in [-0.2, 0) is 16.2 Å². The molecule has 29 aromatic rings. The highest BCUT2D eigenvalue weighted by molar-refractivity contribution is 6.31. The highest BCUT2D eigenvalue weighted by Crippen LogP contribution is 2.61. The summed E-state index contributed by atoms with van der Waals surface area (Å²) in [6.07, 6.45) is 0. The molecule has 0 fully saturated rings. The van der Waals surface area contributed by atoms with Gasteiger partial charge in [0.1, 0.15) is 28.4 Å². The van der Waals surface area contributed by atoms with Gasteiger partial charge in [-0.15, -0.1) is 0 Å². The Labute approximate surface area is 839 Å². The summed E-state index contributed by atoms with van der Waals surface area (Å²) in [5, 5.41) is 21.1. The Kier molecular flexibility index (Phi) is 17.8. The predicted octanol–water partition coefficient (Wildman–Crippen LogP) is 34.6. The number of benzene rings is 19. The Morgan fingerprint density at radius 1 is 0.233 bits per heavy atom. The molecule has 0 spiro atoms. The highest BCUT2D eigenvalue weighted by atomic mass is 16.3. The summed E-state index contributed by atoms with van der Waals surface area (Å²) in [5.74, 6) is 2.44. The molecule has 11 heteroatoms. The molecule has 19 aromatic carbocycles. The van der Waals surface area contributed by atoms with Crippen LogP contribution in [0.4, 0.5) is 0 Å². The van der Waals surface area contributed by atoms with Gasteiger partial charge in [-0.1, -0.05) is 369 Å². The van der Waals surface area contributed by atoms with Crippen LogP contribution in [0.25, 0.3) is 265 Å². The Hall–Kier alpha value is -18.6. The summed E-state index contributed by atoms with van der Waals surface area (Å²) >= 11 is 0. The van der Waals surface area contributed by atoms with Crippen LogP contribution < -0.4 is 0 Å². The summed E-state index contributed by atoms with van der Waals surface area (Å²) in [5.41, 5.74) is 37.6. The third kappa shape index (κ3) is 11.9. The van der Waals surface area contributed by atoms with Gasteiger partial charge in [-0.3, -0.25) is 13.7 Å². The monoisotopic (exact) mass is 1870 g/mol. The van der Waals surface area contributed by atoms with Crippen molar-refractivity contribution in [1.82, 2.24) is 48.2 Å². The predicted molar refractivity (Wildman–Crippen MR) is 605 cm³/mol. The standard InChI is InChI=1S/C51H34N4.C43H29N3.C41H27N3O/c1-51(2)39-21-11-8-19-37(39)47-35-17-6-7-18-36(35)48-38-20-10-13-23-44(38)55(50(48)49(47)51)46-29-28-41-42(53-46)27-26-40(52-41)31-24-25-34-33-16-9-12-22-43(33)54(45(34)30-31)32-14-4-3-5-15-32;1-43(2)33-17-9-7-15-31(33)39-29-13-5-6-14-30(29)40-32-16-8-10-18-37(32)46(42(40)41(39)43)38-24-23-35-36(45-38)22-21-34(44-35)28-20-19-26-11-3-4-12-27(26)25-28;1-41(2)30-21-11-8-18-27(30)33-25-16-6-7-17-26(25)34-28-19-9-12-22-31(28)44(38(34)35(33)41)40-42-36(24-14-4-3-5-15-24)39-37(43-40)29-20-10-13-23-32(29)45-39/h3-30H,1-2H3;3-25H,1-2H3;3-23H,1-2H3. The van der Waals surface area contributed by atoms with E-state index in [0.29, 0.717) is 11.5 Å². The van der Waals surface area contributed by atoms with E-state index in [9.17, 15) is 0 Å². The molecule has 0 saturated heterocycles. The van der Waals surface area contributed by atoms with Gasteiger partial charge in [0.25, 0.3) is 0 Å². The number of hydrogen-bond donors (Lipinski definition) is 0. The highest BCUT2D eigenvalue weighted by Gasteiger charge is 2.45. The first-order valence-electron chi connectivity index (χ1n) is 50.4. The van der Waals surface area contributed by atoms with Crippen LogP contribution in [0.5, 0.6) is 0 Å². The fraction of sp³-hybridized carbons (Fsp3) is 0.0667. The molecule has 0 saturated carbocycles. The number of aromatic nitrogens is 10. The molecule has 146 heavy (non-hydrogen) atoms. The maximum atomic E-state index is 6.46. The van der Waals surface area contributed by atoms with Crippen LogP contribution in [0.3, 0.4) is 0 Å². The molecule has 11 nitrogen and oxygen atoms in total. The zero-order valence-corrected chi connectivity index (χ0v) is 80.9. The molecule has 3 aliphatic rings. The van der Waals surface area contributed by atoms with E-state index < -0.39 is 0 Å². The first-order valence-corrected chi connectivity index (χ1v) is 50.4. The Bertz CT molecular complexity index is 10700. The smallest absolute Gasteiger partial charge is 0.236 e. The molecule has 0 atom stereocenters. The second kappa shape index (κ2) is 31.2. The minimum Gasteiger partial charge on any atom is -0.452 e. The summed E-state index contributed by atoms with van der Waals surface area (Å²) in [6.45, 7) is 14.2. The summed E-state index contributed by atoms with van der Waals surface area (Å²) in [6, 6.07) is 156. The van der Waals surface area contributed by atoms with Crippen LogP contribution in [-0.4, -0.2) is 48.2 Å². The average Bonchev–Trinajstić information content (AvgIpc) is 1.53. The maximum absolute atomic E-state index is 6.46. The van der Waals surface area contributed by atoms with Gasteiger partial charge in [0.05, 0.1) is 77.6 Å². The molecule has 0 amide bonds. The zero-order valence-electron chi connectivity index (χ0n) is 80.9. The van der Waals surface area contributed by atoms with Gasteiger partial charge in [-0.2, -0.15) is 0 Å². The summed E-state index contributed by atoms with van der Waals surface area (Å²) < 4.78 is 15.9. The van der Waals surface area contributed by atoms with Crippen molar-refractivity contribution in [2.45, 2.75) is 57.8 Å². The zero-order chi connectivity index (χ0) is 96.8. The van der Waals surface area contributed by atoms with Crippen molar-refractivity contribution in [3.8, 4) is 90.4 Å². The van der Waals surface area contributed by atoms with Crippen LogP contribution in [0.1, 0.15) is 74.9 Å². The lowest BCUT2D eigenvalue weighted by Gasteiger charge is -2.24. The largest absolute Gasteiger partial charge is 0.452 e. The SMILES string of the molecule is CC1(C)c2ccccc2-c2c1c1c(c3ccccc23)c2ccccc2n1-c1ccc2nc(-c3ccc4c5ccccc5n(-c5ccccc5)c4c3)ccc2n1.CC1(C)c2ccccc2-c2c1c1c(c3ccccc23)c2ccccc2n1-c1ccc2nc(-c3ccc4ccccc4c3)ccc2n1.CC1(C)c2ccccc2-c2c1c1c(c3ccccc23)c2ccccc2n1-c1nc(-c2ccccc2)c2oc3ccccc3c2n1. The fourth-order valence-corrected chi connectivity index (χ4v) is 25.6. The van der Waals surface area contributed by atoms with Gasteiger partial charge in [0.2, 0.25) is 5.95 Å². The molecule has 10 aromatic heterocycles. The normalized spacial score (nSPS) is 13.6. The molecular weight excluding hydrogens is 1780 g/mol. The third-order valence-corrected chi connectivity index (χ3v) is 32.0. The van der Waals surface area contributed by atoms with Crippen molar-refractivity contribution in [1.29, 1.82) is 0 Å². The van der Waals surface area contributed by atoms with Crippen LogP contribution in [0.2, 0.25) is 0 Å². The van der Waals surface area contributed by atoms with Crippen molar-refractivity contribution in [2.24, 2.45) is 0 Å². The Morgan fingerprint density at radius 2 is 0.596 bits per heavy atom. The fourth-order valence-electron chi connectivity index (χ4n) is 25.6. The molecule has 0 radical (unpaired) electrons. The van der Waals surface area contributed by atoms with Gasteiger partial charge in [-0.25, -0.2) is 29.9 Å². The molecule has 686 valence electrons. The molecule has 32 rings (SSSR count). The van der Waals surface area contributed by atoms with E-state index in [1.54, 1.807) is 0 Å². The van der Waals surface area contributed by atoms with E-state index in [1.807, 2.05) is 36.4 Å². The lowest BCUT2D eigenvalue weighted by atomic mass is 9.80. The number of fused-ring (bicyclic) bond motifs is 39. The minimum absolute atomic E-state index is 0.187. The molecular formula is C135H90N10O. The number of hydrogen-bond acceptors (Lipinski definition) is 7. The number of furan rings is 1. The third-order valence-electron chi connectivity index (χ3n) is 32.0. The quantitative estimate of drug-likeness (QED) is 0.156. The average molecular weight is 1870 g/mol. The van der Waals surface area contributed by atoms with E-state index in [4.69, 9.17) is 34.3 Å². The van der Waals surface area contributed by atoms with E-state index in [2.05, 4.69) is 460 Å². The Morgan fingerprint density at radius 3 is 1.10 bits per heavy atom. The molecule has 0 N–H and O–H groups in total. The lowest BCUT2D eigenvalue weighted by molar-refractivity contribution is 0.662. The van der Waals surface area contributed by atoms with Crippen molar-refractivity contribution in [3.63, 3.8) is 0 Å². The van der Waals surface area contributed by atoms with Gasteiger partial charge in [0, 0.05) is 87.1 Å². The van der Waals surface area contributed by atoms with E-state index in [0.717, 1.165) is 117 Å². The number of rotatable bonds is 7. The van der Waals surface area contributed by atoms with Gasteiger partial charge >= 0.3 is 0 Å². The summed E-state index contributed by atoms with van der Waals surface area (Å²) in [7, 11) is 0. The summed E-state index contributed by atoms with van der Waals surface area (Å²) in [4.78, 5) is 31.7. The number of para-hydroxylation sites is 6. The number of nitrogens with zero attached hydrogens (tertiary/aromatic N) is 10. The minimum atomic E-state index is -0.241. The molecule has 0 bridgehead atoms. The maximum Gasteiger partial charge on any atom is 0.236 e. The van der Waals surface area contributed by atoms with Crippen LogP contribution in [0, 0.1) is 0 Å². The van der Waals surface area contributed by atoms with Crippen molar-refractivity contribution < 1.29 is 4.42 Å². The van der Waals surface area contributed by atoms with E-state index in [-0.39, 0.29) is 16.2 Å². The van der Waals surface area contributed by atoms with Crippen LogP contribution >= 0.6 is 0 Å². The van der Waals surface area contributed by atoms with Gasteiger partial charge in [0.15, 0.2) is 5.58 Å². The second-order valence-corrected chi connectivity index (χ2v) is 40.9. The van der Waals surface area contributed by atoms with E-state index in [1.165, 1.54) is 169 Å². The first-order chi connectivity index (χ1) is 71.7. The first kappa shape index (κ1) is 83.2. The van der Waals surface area contributed by atoms with Gasteiger partial charge in [-0.05, 0) is 219 Å². The molecule has 0 unspecified atom stereocenters. The van der Waals surface area contributed by atoms with Crippen molar-refractivity contribution >= 4 is 174 Å². The Balaban J connectivity index is 0.000000102. The second-order valence-electron chi connectivity index (χ2n) is 40.9. The lowest BCUT2D eigenvalue weighted by Crippen LogP contribution is -2.17. The molecule has 3 aliphatic carbocycles. The van der Waals surface area contributed by atoms with Crippen molar-refractivity contribution in [3.05, 3.63) is 470 Å². The van der Waals surface area contributed by atoms with E-state index >= 15 is 0 Å².